The highest BCUT2D eigenvalue weighted by atomic mass is 19.1. The van der Waals surface area contributed by atoms with Gasteiger partial charge in [-0.3, -0.25) is 9.59 Å². The first-order chi connectivity index (χ1) is 11.6. The highest BCUT2D eigenvalue weighted by molar-refractivity contribution is 5.84. The summed E-state index contributed by atoms with van der Waals surface area (Å²) < 4.78 is 18.0. The van der Waals surface area contributed by atoms with E-state index in [-0.39, 0.29) is 24.2 Å². The molecule has 0 aliphatic heterocycles. The first-order valence-corrected chi connectivity index (χ1v) is 7.89. The average Bonchev–Trinajstić information content (AvgIpc) is 3.10. The number of hydrogen-bond donors (Lipinski definition) is 1. The molecule has 0 fully saturated rings. The maximum Gasteiger partial charge on any atom is 0.239 e. The number of amides is 2. The van der Waals surface area contributed by atoms with Crippen LogP contribution in [0.25, 0.3) is 0 Å². The molecule has 0 atom stereocenters. The standard InChI is InChI=1S/C18H21FN2O3/c1-2-21(18(23)10-9-16-4-3-11-24-16)13-17(22)20-12-14-5-7-15(19)8-6-14/h3-8,11H,2,9-10,12-13H2,1H3,(H,20,22). The molecule has 0 saturated carbocycles. The summed E-state index contributed by atoms with van der Waals surface area (Å²) in [5.41, 5.74) is 0.803. The molecule has 128 valence electrons. The zero-order valence-electron chi connectivity index (χ0n) is 13.6. The van der Waals surface area contributed by atoms with E-state index >= 15 is 0 Å². The van der Waals surface area contributed by atoms with Gasteiger partial charge in [-0.25, -0.2) is 4.39 Å². The first-order valence-electron chi connectivity index (χ1n) is 7.89. The molecular formula is C18H21FN2O3. The van der Waals surface area contributed by atoms with Crippen molar-refractivity contribution in [3.05, 3.63) is 59.8 Å². The van der Waals surface area contributed by atoms with Gasteiger partial charge >= 0.3 is 0 Å². The van der Waals surface area contributed by atoms with Crippen LogP contribution in [-0.2, 0) is 22.6 Å². The third-order valence-electron chi connectivity index (χ3n) is 3.64. The number of nitrogens with one attached hydrogen (secondary N) is 1. The van der Waals surface area contributed by atoms with E-state index in [9.17, 15) is 14.0 Å². The minimum absolute atomic E-state index is 0.00861. The second-order valence-electron chi connectivity index (χ2n) is 5.39. The molecule has 24 heavy (non-hydrogen) atoms. The van der Waals surface area contributed by atoms with Gasteiger partial charge in [0.25, 0.3) is 0 Å². The van der Waals surface area contributed by atoms with Gasteiger partial charge in [-0.2, -0.15) is 0 Å². The zero-order valence-corrected chi connectivity index (χ0v) is 13.6. The lowest BCUT2D eigenvalue weighted by molar-refractivity contribution is -0.135. The Labute approximate surface area is 140 Å². The molecule has 2 aromatic rings. The van der Waals surface area contributed by atoms with Crippen molar-refractivity contribution in [3.8, 4) is 0 Å². The third-order valence-corrected chi connectivity index (χ3v) is 3.64. The molecule has 1 N–H and O–H groups in total. The summed E-state index contributed by atoms with van der Waals surface area (Å²) in [6.45, 7) is 2.60. The van der Waals surface area contributed by atoms with E-state index in [4.69, 9.17) is 4.42 Å². The van der Waals surface area contributed by atoms with Crippen LogP contribution in [0, 0.1) is 5.82 Å². The van der Waals surface area contributed by atoms with Crippen molar-refractivity contribution in [2.45, 2.75) is 26.3 Å². The molecule has 5 nitrogen and oxygen atoms in total. The molecule has 0 spiro atoms. The molecule has 2 rings (SSSR count). The van der Waals surface area contributed by atoms with Crippen molar-refractivity contribution in [2.75, 3.05) is 13.1 Å². The van der Waals surface area contributed by atoms with E-state index in [1.165, 1.54) is 17.0 Å². The maximum atomic E-state index is 12.8. The lowest BCUT2D eigenvalue weighted by Crippen LogP contribution is -2.40. The van der Waals surface area contributed by atoms with E-state index in [0.717, 1.165) is 11.3 Å². The number of aryl methyl sites for hydroxylation is 1. The Hall–Kier alpha value is -2.63. The molecule has 6 heteroatoms. The van der Waals surface area contributed by atoms with Crippen molar-refractivity contribution in [3.63, 3.8) is 0 Å². The van der Waals surface area contributed by atoms with Crippen molar-refractivity contribution >= 4 is 11.8 Å². The number of hydrogen-bond acceptors (Lipinski definition) is 3. The van der Waals surface area contributed by atoms with Crippen LogP contribution in [-0.4, -0.2) is 29.8 Å². The number of furan rings is 1. The Kier molecular flexibility index (Phi) is 6.54. The smallest absolute Gasteiger partial charge is 0.239 e. The van der Waals surface area contributed by atoms with Crippen LogP contribution < -0.4 is 5.32 Å². The predicted octanol–water partition coefficient (Wildman–Crippen LogP) is 2.52. The fraction of sp³-hybridized carbons (Fsp3) is 0.333. The van der Waals surface area contributed by atoms with Crippen LogP contribution in [0.3, 0.4) is 0 Å². The molecule has 0 saturated heterocycles. The monoisotopic (exact) mass is 332 g/mol. The van der Waals surface area contributed by atoms with E-state index in [2.05, 4.69) is 5.32 Å². The van der Waals surface area contributed by atoms with Crippen LogP contribution in [0.15, 0.2) is 47.1 Å². The van der Waals surface area contributed by atoms with Gasteiger partial charge in [0.05, 0.1) is 12.8 Å². The number of halogens is 1. The van der Waals surface area contributed by atoms with Crippen molar-refractivity contribution in [2.24, 2.45) is 0 Å². The lowest BCUT2D eigenvalue weighted by Gasteiger charge is -2.20. The molecule has 1 aromatic heterocycles. The summed E-state index contributed by atoms with van der Waals surface area (Å²) in [6, 6.07) is 9.51. The van der Waals surface area contributed by atoms with Crippen molar-refractivity contribution < 1.29 is 18.4 Å². The van der Waals surface area contributed by atoms with Crippen LogP contribution in [0.1, 0.15) is 24.7 Å². The van der Waals surface area contributed by atoms with Crippen LogP contribution in [0.2, 0.25) is 0 Å². The molecular weight excluding hydrogens is 311 g/mol. The van der Waals surface area contributed by atoms with Gasteiger partial charge in [-0.1, -0.05) is 12.1 Å². The number of rotatable bonds is 8. The number of carbonyl (C=O) groups excluding carboxylic acids is 2. The zero-order chi connectivity index (χ0) is 17.4. The minimum atomic E-state index is -0.315. The first kappa shape index (κ1) is 17.7. The fourth-order valence-electron chi connectivity index (χ4n) is 2.25. The van der Waals surface area contributed by atoms with E-state index in [1.54, 1.807) is 24.5 Å². The molecule has 1 heterocycles. The fourth-order valence-corrected chi connectivity index (χ4v) is 2.25. The Bertz CT molecular complexity index is 653. The molecule has 0 aliphatic carbocycles. The lowest BCUT2D eigenvalue weighted by atomic mass is 10.2. The predicted molar refractivity (Wildman–Crippen MR) is 87.5 cm³/mol. The Morgan fingerprint density at radius 2 is 1.96 bits per heavy atom. The largest absolute Gasteiger partial charge is 0.469 e. The SMILES string of the molecule is CCN(CC(=O)NCc1ccc(F)cc1)C(=O)CCc1ccco1. The van der Waals surface area contributed by atoms with Crippen LogP contribution in [0.4, 0.5) is 4.39 Å². The van der Waals surface area contributed by atoms with E-state index < -0.39 is 0 Å². The summed E-state index contributed by atoms with van der Waals surface area (Å²) in [6.07, 6.45) is 2.38. The molecule has 0 unspecified atom stereocenters. The summed E-state index contributed by atoms with van der Waals surface area (Å²) in [7, 11) is 0. The van der Waals surface area contributed by atoms with Gasteiger partial charge in [-0.15, -0.1) is 0 Å². The quantitative estimate of drug-likeness (QED) is 0.808. The third kappa shape index (κ3) is 5.53. The second-order valence-corrected chi connectivity index (χ2v) is 5.39. The summed E-state index contributed by atoms with van der Waals surface area (Å²) in [5, 5.41) is 2.73. The van der Waals surface area contributed by atoms with E-state index in [0.29, 0.717) is 25.9 Å². The van der Waals surface area contributed by atoms with Gasteiger partial charge in [0.2, 0.25) is 11.8 Å². The molecule has 1 aromatic carbocycles. The van der Waals surface area contributed by atoms with Gasteiger partial charge < -0.3 is 14.6 Å². The van der Waals surface area contributed by atoms with Gasteiger partial charge in [-0.05, 0) is 36.8 Å². The second kappa shape index (κ2) is 8.86. The highest BCUT2D eigenvalue weighted by Gasteiger charge is 2.15. The molecule has 0 radical (unpaired) electrons. The van der Waals surface area contributed by atoms with Crippen molar-refractivity contribution in [1.29, 1.82) is 0 Å². The van der Waals surface area contributed by atoms with Gasteiger partial charge in [0, 0.05) is 25.9 Å². The average molecular weight is 332 g/mol. The Balaban J connectivity index is 1.76. The Morgan fingerprint density at radius 3 is 2.58 bits per heavy atom. The molecule has 0 aliphatic rings. The van der Waals surface area contributed by atoms with Crippen LogP contribution in [0.5, 0.6) is 0 Å². The van der Waals surface area contributed by atoms with E-state index in [1.807, 2.05) is 13.0 Å². The minimum Gasteiger partial charge on any atom is -0.469 e. The number of nitrogens with zero attached hydrogens (tertiary/aromatic N) is 1. The number of likely N-dealkylation sites (N-methyl/N-ethyl adjacent to an activating group) is 1. The van der Waals surface area contributed by atoms with Gasteiger partial charge in [0.15, 0.2) is 0 Å². The number of benzene rings is 1. The maximum absolute atomic E-state index is 12.8. The van der Waals surface area contributed by atoms with Crippen molar-refractivity contribution in [1.82, 2.24) is 10.2 Å². The number of carbonyl (C=O) groups is 2. The molecule has 2 amide bonds. The van der Waals surface area contributed by atoms with Gasteiger partial charge in [0.1, 0.15) is 11.6 Å². The summed E-state index contributed by atoms with van der Waals surface area (Å²) >= 11 is 0. The Morgan fingerprint density at radius 1 is 1.21 bits per heavy atom. The molecule has 0 bridgehead atoms. The van der Waals surface area contributed by atoms with Crippen LogP contribution >= 0.6 is 0 Å². The topological polar surface area (TPSA) is 62.6 Å². The summed E-state index contributed by atoms with van der Waals surface area (Å²) in [5.74, 6) is 0.0999. The summed E-state index contributed by atoms with van der Waals surface area (Å²) in [4.78, 5) is 25.7. The highest BCUT2D eigenvalue weighted by Crippen LogP contribution is 2.06. The normalized spacial score (nSPS) is 10.4.